The van der Waals surface area contributed by atoms with Crippen LogP contribution in [0.1, 0.15) is 16.5 Å². The van der Waals surface area contributed by atoms with Crippen LogP contribution in [0.2, 0.25) is 4.34 Å². The van der Waals surface area contributed by atoms with Crippen molar-refractivity contribution in [3.63, 3.8) is 0 Å². The molecule has 3 rings (SSSR count). The molecule has 5 heteroatoms. The Kier molecular flexibility index (Phi) is 4.62. The van der Waals surface area contributed by atoms with Gasteiger partial charge in [-0.15, -0.1) is 11.3 Å². The van der Waals surface area contributed by atoms with Crippen LogP contribution in [0.25, 0.3) is 10.8 Å². The van der Waals surface area contributed by atoms with Gasteiger partial charge < -0.3 is 0 Å². The van der Waals surface area contributed by atoms with E-state index in [1.165, 1.54) is 21.2 Å². The van der Waals surface area contributed by atoms with Gasteiger partial charge in [-0.3, -0.25) is 11.3 Å². The lowest BCUT2D eigenvalue weighted by atomic mass is 10.00. The van der Waals surface area contributed by atoms with E-state index in [9.17, 15) is 0 Å². The maximum absolute atomic E-state index is 5.99. The Bertz CT molecular complexity index is 772. The molecule has 2 nitrogen and oxygen atoms in total. The Hall–Kier alpha value is -0.910. The molecule has 108 valence electrons. The minimum Gasteiger partial charge on any atom is -0.271 e. The van der Waals surface area contributed by atoms with Crippen molar-refractivity contribution in [2.45, 2.75) is 12.5 Å². The first-order valence-corrected chi connectivity index (χ1v) is 8.54. The summed E-state index contributed by atoms with van der Waals surface area (Å²) in [6.07, 6.45) is 0.829. The molecule has 0 aliphatic carbocycles. The van der Waals surface area contributed by atoms with Crippen LogP contribution in [0.3, 0.4) is 0 Å². The van der Waals surface area contributed by atoms with Gasteiger partial charge in [0.2, 0.25) is 0 Å². The Morgan fingerprint density at radius 2 is 1.86 bits per heavy atom. The normalized spacial score (nSPS) is 12.7. The van der Waals surface area contributed by atoms with Crippen molar-refractivity contribution < 1.29 is 0 Å². The zero-order valence-electron chi connectivity index (χ0n) is 11.1. The molecule has 0 spiro atoms. The maximum Gasteiger partial charge on any atom is 0.0931 e. The third-order valence-electron chi connectivity index (χ3n) is 3.46. The van der Waals surface area contributed by atoms with Crippen LogP contribution in [-0.4, -0.2) is 0 Å². The van der Waals surface area contributed by atoms with Crippen LogP contribution in [0, 0.1) is 0 Å². The fourth-order valence-electron chi connectivity index (χ4n) is 2.39. The Morgan fingerprint density at radius 1 is 1.10 bits per heavy atom. The average molecular weight is 382 g/mol. The molecule has 1 atom stereocenters. The van der Waals surface area contributed by atoms with E-state index < -0.39 is 0 Å². The number of rotatable bonds is 4. The van der Waals surface area contributed by atoms with Crippen molar-refractivity contribution in [2.75, 3.05) is 0 Å². The van der Waals surface area contributed by atoms with Crippen molar-refractivity contribution >= 4 is 49.6 Å². The molecule has 0 aliphatic heterocycles. The summed E-state index contributed by atoms with van der Waals surface area (Å²) in [6, 6.07) is 16.8. The largest absolute Gasteiger partial charge is 0.271 e. The summed E-state index contributed by atoms with van der Waals surface area (Å²) in [5, 5.41) is 2.42. The Labute approximate surface area is 141 Å². The van der Waals surface area contributed by atoms with E-state index in [2.05, 4.69) is 63.8 Å². The number of benzene rings is 2. The van der Waals surface area contributed by atoms with Gasteiger partial charge in [-0.1, -0.05) is 45.7 Å². The minimum atomic E-state index is 0.0766. The number of halogens is 2. The molecule has 0 saturated heterocycles. The van der Waals surface area contributed by atoms with Gasteiger partial charge in [-0.25, -0.2) is 0 Å². The lowest BCUT2D eigenvalue weighted by Gasteiger charge is -2.16. The quantitative estimate of drug-likeness (QED) is 0.489. The standard InChI is InChI=1S/C16H14BrClN2S/c17-13-4-3-10-7-12(2-1-11(10)8-13)15(20-19)9-14-5-6-16(18)21-14/h1-8,15,20H,9,19H2. The second-order valence-electron chi connectivity index (χ2n) is 4.88. The van der Waals surface area contributed by atoms with Gasteiger partial charge in [0.1, 0.15) is 0 Å². The van der Waals surface area contributed by atoms with Crippen LogP contribution < -0.4 is 11.3 Å². The van der Waals surface area contributed by atoms with Crippen molar-refractivity contribution in [1.29, 1.82) is 0 Å². The zero-order chi connectivity index (χ0) is 14.8. The Balaban J connectivity index is 1.91. The SMILES string of the molecule is NNC(Cc1ccc(Cl)s1)c1ccc2cc(Br)ccc2c1. The van der Waals surface area contributed by atoms with Crippen LogP contribution >= 0.6 is 38.9 Å². The van der Waals surface area contributed by atoms with E-state index in [-0.39, 0.29) is 6.04 Å². The summed E-state index contributed by atoms with van der Waals surface area (Å²) in [6.45, 7) is 0. The molecule has 1 heterocycles. The predicted octanol–water partition coefficient (Wildman–Crippen LogP) is 5.06. The highest BCUT2D eigenvalue weighted by Gasteiger charge is 2.12. The lowest BCUT2D eigenvalue weighted by molar-refractivity contribution is 0.556. The second kappa shape index (κ2) is 6.46. The van der Waals surface area contributed by atoms with Crippen molar-refractivity contribution in [3.8, 4) is 0 Å². The second-order valence-corrected chi connectivity index (χ2v) is 7.60. The fraction of sp³-hybridized carbons (Fsp3) is 0.125. The minimum absolute atomic E-state index is 0.0766. The first-order valence-electron chi connectivity index (χ1n) is 6.55. The maximum atomic E-state index is 5.99. The van der Waals surface area contributed by atoms with Crippen LogP contribution in [0.5, 0.6) is 0 Å². The molecule has 1 unspecified atom stereocenters. The van der Waals surface area contributed by atoms with Gasteiger partial charge in [-0.05, 0) is 46.7 Å². The summed E-state index contributed by atoms with van der Waals surface area (Å²) < 4.78 is 1.90. The molecular weight excluding hydrogens is 368 g/mol. The highest BCUT2D eigenvalue weighted by Crippen LogP contribution is 2.28. The predicted molar refractivity (Wildman–Crippen MR) is 94.7 cm³/mol. The van der Waals surface area contributed by atoms with E-state index in [4.69, 9.17) is 17.4 Å². The molecule has 3 N–H and O–H groups in total. The van der Waals surface area contributed by atoms with Crippen LogP contribution in [-0.2, 0) is 6.42 Å². The average Bonchev–Trinajstić information content (AvgIpc) is 2.89. The third kappa shape index (κ3) is 3.47. The number of hydrazine groups is 1. The van der Waals surface area contributed by atoms with Gasteiger partial charge in [0.25, 0.3) is 0 Å². The number of nitrogens with one attached hydrogen (secondary N) is 1. The van der Waals surface area contributed by atoms with E-state index in [0.29, 0.717) is 0 Å². The highest BCUT2D eigenvalue weighted by molar-refractivity contribution is 9.10. The molecule has 0 amide bonds. The molecule has 1 aromatic heterocycles. The van der Waals surface area contributed by atoms with Crippen molar-refractivity contribution in [3.05, 3.63) is 67.8 Å². The van der Waals surface area contributed by atoms with E-state index in [1.54, 1.807) is 11.3 Å². The summed E-state index contributed by atoms with van der Waals surface area (Å²) in [5.74, 6) is 5.74. The van der Waals surface area contributed by atoms with E-state index in [1.807, 2.05) is 6.07 Å². The molecule has 0 bridgehead atoms. The molecule has 0 saturated carbocycles. The fourth-order valence-corrected chi connectivity index (χ4v) is 3.90. The van der Waals surface area contributed by atoms with Crippen molar-refractivity contribution in [2.24, 2.45) is 5.84 Å². The van der Waals surface area contributed by atoms with Gasteiger partial charge in [0.05, 0.1) is 10.4 Å². The summed E-state index contributed by atoms with van der Waals surface area (Å²) in [4.78, 5) is 1.22. The number of hydrogen-bond acceptors (Lipinski definition) is 3. The molecule has 21 heavy (non-hydrogen) atoms. The van der Waals surface area contributed by atoms with Gasteiger partial charge in [-0.2, -0.15) is 0 Å². The molecule has 0 aliphatic rings. The molecule has 2 aromatic carbocycles. The van der Waals surface area contributed by atoms with Crippen LogP contribution in [0.15, 0.2) is 53.0 Å². The van der Waals surface area contributed by atoms with Gasteiger partial charge >= 0.3 is 0 Å². The topological polar surface area (TPSA) is 38.0 Å². The first-order chi connectivity index (χ1) is 10.2. The third-order valence-corrected chi connectivity index (χ3v) is 5.21. The van der Waals surface area contributed by atoms with E-state index in [0.717, 1.165) is 15.2 Å². The summed E-state index contributed by atoms with van der Waals surface area (Å²) >= 11 is 11.1. The molecule has 0 fully saturated rings. The monoisotopic (exact) mass is 380 g/mol. The van der Waals surface area contributed by atoms with Crippen LogP contribution in [0.4, 0.5) is 0 Å². The number of thiophene rings is 1. The van der Waals surface area contributed by atoms with Gasteiger partial charge in [0.15, 0.2) is 0 Å². The lowest BCUT2D eigenvalue weighted by Crippen LogP contribution is -2.29. The smallest absolute Gasteiger partial charge is 0.0931 e. The van der Waals surface area contributed by atoms with Gasteiger partial charge in [0, 0.05) is 15.8 Å². The number of nitrogens with two attached hydrogens (primary N) is 1. The number of hydrogen-bond donors (Lipinski definition) is 2. The zero-order valence-corrected chi connectivity index (χ0v) is 14.3. The summed E-state index contributed by atoms with van der Waals surface area (Å²) in [7, 11) is 0. The first kappa shape index (κ1) is 15.0. The summed E-state index contributed by atoms with van der Waals surface area (Å²) in [5.41, 5.74) is 4.08. The molecular formula is C16H14BrClN2S. The van der Waals surface area contributed by atoms with E-state index >= 15 is 0 Å². The highest BCUT2D eigenvalue weighted by atomic mass is 79.9. The van der Waals surface area contributed by atoms with Crippen molar-refractivity contribution in [1.82, 2.24) is 5.43 Å². The Morgan fingerprint density at radius 3 is 2.57 bits per heavy atom. The molecule has 3 aromatic rings. The molecule has 0 radical (unpaired) electrons. The number of fused-ring (bicyclic) bond motifs is 1.